The monoisotopic (exact) mass is 174 g/mol. The maximum atomic E-state index is 9.56. The van der Waals surface area contributed by atoms with Gasteiger partial charge in [0.15, 0.2) is 0 Å². The predicted molar refractivity (Wildman–Crippen MR) is 54.3 cm³/mol. The molecule has 0 atom stereocenters. The van der Waals surface area contributed by atoms with Crippen molar-refractivity contribution in [2.45, 2.75) is 24.9 Å². The van der Waals surface area contributed by atoms with Gasteiger partial charge in [0.1, 0.15) is 0 Å². The Balaban J connectivity index is 1.91. The van der Waals surface area contributed by atoms with E-state index in [1.54, 1.807) is 0 Å². The van der Waals surface area contributed by atoms with Gasteiger partial charge in [0, 0.05) is 0 Å². The van der Waals surface area contributed by atoms with E-state index in [0.717, 1.165) is 19.3 Å². The van der Waals surface area contributed by atoms with Crippen molar-refractivity contribution in [2.24, 2.45) is 0 Å². The second kappa shape index (κ2) is 3.35. The van der Waals surface area contributed by atoms with Gasteiger partial charge in [-0.15, -0.1) is 0 Å². The molecule has 1 fully saturated rings. The van der Waals surface area contributed by atoms with Crippen molar-refractivity contribution in [1.82, 2.24) is 0 Å². The molecular formula is C12H14O. The van der Waals surface area contributed by atoms with Gasteiger partial charge in [0.2, 0.25) is 0 Å². The second-order valence-corrected chi connectivity index (χ2v) is 3.74. The van der Waals surface area contributed by atoms with E-state index < -0.39 is 0 Å². The Morgan fingerprint density at radius 3 is 2.54 bits per heavy atom. The number of benzene rings is 1. The maximum absolute atomic E-state index is 9.56. The lowest BCUT2D eigenvalue weighted by atomic mass is 10.1. The number of hydrogen-bond donors (Lipinski definition) is 1. The van der Waals surface area contributed by atoms with E-state index >= 15 is 0 Å². The minimum atomic E-state index is -0.356. The zero-order valence-corrected chi connectivity index (χ0v) is 7.61. The predicted octanol–water partition coefficient (Wildman–Crippen LogP) is 2.61. The molecule has 68 valence electrons. The van der Waals surface area contributed by atoms with Crippen LogP contribution in [0, 0.1) is 0 Å². The van der Waals surface area contributed by atoms with Gasteiger partial charge in [0.05, 0.1) is 5.60 Å². The van der Waals surface area contributed by atoms with Crippen LogP contribution in [0.1, 0.15) is 24.8 Å². The number of aliphatic hydroxyl groups is 1. The van der Waals surface area contributed by atoms with Gasteiger partial charge < -0.3 is 5.11 Å². The Morgan fingerprint density at radius 2 is 1.92 bits per heavy atom. The highest BCUT2D eigenvalue weighted by atomic mass is 16.3. The van der Waals surface area contributed by atoms with Crippen molar-refractivity contribution in [3.63, 3.8) is 0 Å². The summed E-state index contributed by atoms with van der Waals surface area (Å²) in [7, 11) is 0. The Morgan fingerprint density at radius 1 is 1.23 bits per heavy atom. The largest absolute Gasteiger partial charge is 0.390 e. The molecule has 1 saturated carbocycles. The Hall–Kier alpha value is -1.08. The van der Waals surface area contributed by atoms with Crippen molar-refractivity contribution >= 4 is 6.08 Å². The maximum Gasteiger partial charge on any atom is 0.0684 e. The summed E-state index contributed by atoms with van der Waals surface area (Å²) in [5, 5.41) is 9.56. The van der Waals surface area contributed by atoms with Crippen LogP contribution in [0.15, 0.2) is 36.4 Å². The molecule has 0 aliphatic heterocycles. The fourth-order valence-corrected chi connectivity index (χ4v) is 1.33. The van der Waals surface area contributed by atoms with Gasteiger partial charge in [0.25, 0.3) is 0 Å². The van der Waals surface area contributed by atoms with E-state index in [4.69, 9.17) is 0 Å². The zero-order valence-electron chi connectivity index (χ0n) is 7.61. The molecule has 0 saturated heterocycles. The second-order valence-electron chi connectivity index (χ2n) is 3.74. The summed E-state index contributed by atoms with van der Waals surface area (Å²) in [6.45, 7) is 0. The third-order valence-corrected chi connectivity index (χ3v) is 2.43. The van der Waals surface area contributed by atoms with Gasteiger partial charge >= 0.3 is 0 Å². The van der Waals surface area contributed by atoms with Crippen LogP contribution in [0.3, 0.4) is 0 Å². The van der Waals surface area contributed by atoms with Crippen molar-refractivity contribution in [1.29, 1.82) is 0 Å². The molecule has 0 radical (unpaired) electrons. The van der Waals surface area contributed by atoms with E-state index in [-0.39, 0.29) is 5.60 Å². The lowest BCUT2D eigenvalue weighted by Gasteiger charge is -2.00. The summed E-state index contributed by atoms with van der Waals surface area (Å²) < 4.78 is 0. The highest BCUT2D eigenvalue weighted by Gasteiger charge is 2.38. The van der Waals surface area contributed by atoms with Crippen LogP contribution in [-0.4, -0.2) is 10.7 Å². The Labute approximate surface area is 78.7 Å². The van der Waals surface area contributed by atoms with Crippen LogP contribution in [0.4, 0.5) is 0 Å². The van der Waals surface area contributed by atoms with Crippen molar-refractivity contribution < 1.29 is 5.11 Å². The van der Waals surface area contributed by atoms with E-state index in [1.165, 1.54) is 5.56 Å². The van der Waals surface area contributed by atoms with Crippen LogP contribution < -0.4 is 0 Å². The summed E-state index contributed by atoms with van der Waals surface area (Å²) >= 11 is 0. The van der Waals surface area contributed by atoms with E-state index in [2.05, 4.69) is 24.3 Å². The molecule has 1 N–H and O–H groups in total. The van der Waals surface area contributed by atoms with Crippen LogP contribution in [-0.2, 0) is 0 Å². The van der Waals surface area contributed by atoms with Crippen molar-refractivity contribution in [3.05, 3.63) is 42.0 Å². The summed E-state index contributed by atoms with van der Waals surface area (Å²) in [6, 6.07) is 10.2. The molecular weight excluding hydrogens is 160 g/mol. The first-order valence-corrected chi connectivity index (χ1v) is 4.73. The molecule has 1 heteroatoms. The zero-order chi connectivity index (χ0) is 9.15. The van der Waals surface area contributed by atoms with Gasteiger partial charge in [-0.2, -0.15) is 0 Å². The quantitative estimate of drug-likeness (QED) is 0.746. The molecule has 0 amide bonds. The van der Waals surface area contributed by atoms with Crippen LogP contribution >= 0.6 is 0 Å². The van der Waals surface area contributed by atoms with Gasteiger partial charge in [-0.25, -0.2) is 0 Å². The summed E-state index contributed by atoms with van der Waals surface area (Å²) in [5.41, 5.74) is 0.845. The number of hydrogen-bond acceptors (Lipinski definition) is 1. The molecule has 2 rings (SSSR count). The minimum Gasteiger partial charge on any atom is -0.390 e. The fraction of sp³-hybridized carbons (Fsp3) is 0.333. The summed E-state index contributed by atoms with van der Waals surface area (Å²) in [4.78, 5) is 0. The average molecular weight is 174 g/mol. The molecule has 1 aliphatic rings. The summed E-state index contributed by atoms with van der Waals surface area (Å²) in [6.07, 6.45) is 6.85. The van der Waals surface area contributed by atoms with E-state index in [0.29, 0.717) is 0 Å². The van der Waals surface area contributed by atoms with E-state index in [1.807, 2.05) is 18.2 Å². The van der Waals surface area contributed by atoms with Crippen LogP contribution in [0.25, 0.3) is 6.08 Å². The first-order valence-electron chi connectivity index (χ1n) is 4.73. The minimum absolute atomic E-state index is 0.356. The molecule has 0 heterocycles. The summed E-state index contributed by atoms with van der Waals surface area (Å²) in [5.74, 6) is 0. The van der Waals surface area contributed by atoms with E-state index in [9.17, 15) is 5.11 Å². The topological polar surface area (TPSA) is 20.2 Å². The van der Waals surface area contributed by atoms with Crippen LogP contribution in [0.5, 0.6) is 0 Å². The Bertz CT molecular complexity index is 296. The first kappa shape index (κ1) is 8.52. The average Bonchev–Trinajstić information content (AvgIpc) is 2.86. The molecule has 0 aromatic heterocycles. The van der Waals surface area contributed by atoms with Crippen LogP contribution in [0.2, 0.25) is 0 Å². The lowest BCUT2D eigenvalue weighted by molar-refractivity contribution is 0.154. The molecule has 0 bridgehead atoms. The molecule has 1 nitrogen and oxygen atoms in total. The highest BCUT2D eigenvalue weighted by molar-refractivity contribution is 5.48. The molecule has 1 aromatic rings. The highest BCUT2D eigenvalue weighted by Crippen LogP contribution is 2.38. The third kappa shape index (κ3) is 2.43. The standard InChI is InChI=1S/C12H14O/c13-12(9-10-12)8-4-7-11-5-2-1-3-6-11/h1-7,13H,8-10H2/b7-4+. The van der Waals surface area contributed by atoms with Crippen molar-refractivity contribution in [3.8, 4) is 0 Å². The SMILES string of the molecule is OC1(C/C=C/c2ccccc2)CC1. The van der Waals surface area contributed by atoms with Gasteiger partial charge in [-0.05, 0) is 24.8 Å². The normalized spacial score (nSPS) is 19.2. The molecule has 1 aromatic carbocycles. The van der Waals surface area contributed by atoms with Crippen molar-refractivity contribution in [2.75, 3.05) is 0 Å². The first-order chi connectivity index (χ1) is 6.29. The molecule has 0 unspecified atom stereocenters. The smallest absolute Gasteiger partial charge is 0.0684 e. The van der Waals surface area contributed by atoms with Gasteiger partial charge in [-0.1, -0.05) is 42.5 Å². The molecule has 1 aliphatic carbocycles. The molecule has 13 heavy (non-hydrogen) atoms. The lowest BCUT2D eigenvalue weighted by Crippen LogP contribution is -2.02. The van der Waals surface area contributed by atoms with Gasteiger partial charge in [-0.3, -0.25) is 0 Å². The Kier molecular flexibility index (Phi) is 2.19. The number of rotatable bonds is 3. The fourth-order valence-electron chi connectivity index (χ4n) is 1.33. The molecule has 0 spiro atoms. The third-order valence-electron chi connectivity index (χ3n) is 2.43.